The molecule has 9 heteroatoms. The van der Waals surface area contributed by atoms with E-state index in [1.54, 1.807) is 28.0 Å². The molecular weight excluding hydrogens is 379 g/mol. The number of rotatable bonds is 2. The van der Waals surface area contributed by atoms with Crippen LogP contribution >= 0.6 is 23.2 Å². The van der Waals surface area contributed by atoms with Gasteiger partial charge in [-0.15, -0.1) is 0 Å². The molecule has 0 unspecified atom stereocenters. The van der Waals surface area contributed by atoms with E-state index in [9.17, 15) is 14.4 Å². The minimum atomic E-state index is -0.481. The van der Waals surface area contributed by atoms with Crippen LogP contribution in [0.15, 0.2) is 18.2 Å². The molecule has 1 aromatic rings. The zero-order valence-electron chi connectivity index (χ0n) is 13.9. The fourth-order valence-corrected chi connectivity index (χ4v) is 4.53. The number of benzene rings is 1. The van der Waals surface area contributed by atoms with Gasteiger partial charge in [-0.3, -0.25) is 9.59 Å². The number of urea groups is 1. The van der Waals surface area contributed by atoms with Gasteiger partial charge in [0.25, 0.3) is 0 Å². The van der Waals surface area contributed by atoms with Crippen molar-refractivity contribution in [2.75, 3.05) is 18.4 Å². The Morgan fingerprint density at radius 3 is 2.50 bits per heavy atom. The largest absolute Gasteiger partial charge is 0.333 e. The number of halogens is 2. The standard InChI is InChI=1S/C17H18Cl2N4O3/c18-10-3-1-4-11(19)14(10)21-17(26)20-9-7-13-16(25)22-6-2-5-12(22)15(24)23(13)8-9/h1,3-4,9,12-13H,2,5-8H2,(H2,20,21,26)/t9-,12-,13-/m0/s1. The first-order chi connectivity index (χ1) is 12.5. The molecule has 3 aliphatic rings. The summed E-state index contributed by atoms with van der Waals surface area (Å²) < 4.78 is 0. The third kappa shape index (κ3) is 2.89. The molecule has 3 aliphatic heterocycles. The lowest BCUT2D eigenvalue weighted by molar-refractivity contribution is -0.156. The van der Waals surface area contributed by atoms with Gasteiger partial charge in [-0.1, -0.05) is 29.3 Å². The topological polar surface area (TPSA) is 81.8 Å². The molecule has 0 saturated carbocycles. The highest BCUT2D eigenvalue weighted by molar-refractivity contribution is 6.39. The highest BCUT2D eigenvalue weighted by Gasteiger charge is 2.51. The fourth-order valence-electron chi connectivity index (χ4n) is 4.04. The quantitative estimate of drug-likeness (QED) is 0.802. The molecule has 3 heterocycles. The van der Waals surface area contributed by atoms with E-state index >= 15 is 0 Å². The first kappa shape index (κ1) is 17.4. The molecule has 3 atom stereocenters. The van der Waals surface area contributed by atoms with Crippen LogP contribution in [-0.2, 0) is 9.59 Å². The Kier molecular flexibility index (Phi) is 4.44. The lowest BCUT2D eigenvalue weighted by Crippen LogP contribution is -2.60. The van der Waals surface area contributed by atoms with Gasteiger partial charge >= 0.3 is 6.03 Å². The van der Waals surface area contributed by atoms with Crippen molar-refractivity contribution >= 4 is 46.7 Å². The zero-order chi connectivity index (χ0) is 18.4. The third-order valence-corrected chi connectivity index (χ3v) is 5.86. The summed E-state index contributed by atoms with van der Waals surface area (Å²) in [6.45, 7) is 0.979. The summed E-state index contributed by atoms with van der Waals surface area (Å²) >= 11 is 12.1. The van der Waals surface area contributed by atoms with E-state index < -0.39 is 12.1 Å². The van der Waals surface area contributed by atoms with Crippen LogP contribution in [-0.4, -0.2) is 58.9 Å². The molecule has 0 aliphatic carbocycles. The summed E-state index contributed by atoms with van der Waals surface area (Å²) in [4.78, 5) is 40.8. The average Bonchev–Trinajstić information content (AvgIpc) is 3.24. The van der Waals surface area contributed by atoms with Crippen LogP contribution < -0.4 is 10.6 Å². The monoisotopic (exact) mass is 396 g/mol. The highest BCUT2D eigenvalue weighted by atomic mass is 35.5. The van der Waals surface area contributed by atoms with Crippen LogP contribution in [0, 0.1) is 0 Å². The molecule has 2 N–H and O–H groups in total. The van der Waals surface area contributed by atoms with Gasteiger partial charge in [0.15, 0.2) is 0 Å². The second-order valence-corrected chi connectivity index (χ2v) is 7.64. The number of nitrogens with one attached hydrogen (secondary N) is 2. The summed E-state index contributed by atoms with van der Waals surface area (Å²) in [6, 6.07) is 3.37. The molecule has 3 saturated heterocycles. The molecule has 0 aromatic heterocycles. The summed E-state index contributed by atoms with van der Waals surface area (Å²) in [7, 11) is 0. The van der Waals surface area contributed by atoms with Gasteiger partial charge in [0.2, 0.25) is 11.8 Å². The summed E-state index contributed by atoms with van der Waals surface area (Å²) in [6.07, 6.45) is 2.00. The van der Waals surface area contributed by atoms with Gasteiger partial charge in [0.05, 0.1) is 21.8 Å². The number of carbonyl (C=O) groups excluding carboxylic acids is 3. The minimum absolute atomic E-state index is 0.00837. The Labute approximate surface area is 160 Å². The normalized spacial score (nSPS) is 27.4. The Bertz CT molecular complexity index is 737. The highest BCUT2D eigenvalue weighted by Crippen LogP contribution is 2.33. The van der Waals surface area contributed by atoms with Crippen molar-refractivity contribution in [3.8, 4) is 0 Å². The number of para-hydroxylation sites is 1. The van der Waals surface area contributed by atoms with Gasteiger partial charge in [0, 0.05) is 13.1 Å². The maximum atomic E-state index is 12.6. The van der Waals surface area contributed by atoms with Gasteiger partial charge in [-0.2, -0.15) is 0 Å². The Morgan fingerprint density at radius 1 is 1.08 bits per heavy atom. The van der Waals surface area contributed by atoms with E-state index in [1.165, 1.54) is 0 Å². The molecule has 26 heavy (non-hydrogen) atoms. The third-order valence-electron chi connectivity index (χ3n) is 5.23. The maximum Gasteiger partial charge on any atom is 0.319 e. The lowest BCUT2D eigenvalue weighted by atomic mass is 10.1. The van der Waals surface area contributed by atoms with Gasteiger partial charge < -0.3 is 20.4 Å². The predicted molar refractivity (Wildman–Crippen MR) is 97.3 cm³/mol. The number of piperazine rings is 1. The van der Waals surface area contributed by atoms with Gasteiger partial charge in [-0.05, 0) is 31.4 Å². The summed E-state index contributed by atoms with van der Waals surface area (Å²) in [5, 5.41) is 6.12. The van der Waals surface area contributed by atoms with Crippen molar-refractivity contribution in [1.29, 1.82) is 0 Å². The van der Waals surface area contributed by atoms with Crippen molar-refractivity contribution in [3.63, 3.8) is 0 Å². The molecule has 4 amide bonds. The van der Waals surface area contributed by atoms with E-state index in [4.69, 9.17) is 23.2 Å². The second kappa shape index (κ2) is 6.63. The van der Waals surface area contributed by atoms with Crippen molar-refractivity contribution in [3.05, 3.63) is 28.2 Å². The lowest BCUT2D eigenvalue weighted by Gasteiger charge is -2.38. The van der Waals surface area contributed by atoms with E-state index in [-0.39, 0.29) is 23.9 Å². The van der Waals surface area contributed by atoms with Crippen LogP contribution in [0.2, 0.25) is 10.0 Å². The van der Waals surface area contributed by atoms with Crippen molar-refractivity contribution < 1.29 is 14.4 Å². The Balaban J connectivity index is 1.42. The fraction of sp³-hybridized carbons (Fsp3) is 0.471. The summed E-state index contributed by atoms with van der Waals surface area (Å²) in [5.74, 6) is -0.0167. The molecule has 0 radical (unpaired) electrons. The number of fused-ring (bicyclic) bond motifs is 2. The second-order valence-electron chi connectivity index (χ2n) is 6.82. The van der Waals surface area contributed by atoms with Gasteiger partial charge in [0.1, 0.15) is 12.1 Å². The number of carbonyl (C=O) groups is 3. The molecular formula is C17H18Cl2N4O3. The van der Waals surface area contributed by atoms with E-state index in [2.05, 4.69) is 10.6 Å². The van der Waals surface area contributed by atoms with Crippen molar-refractivity contribution in [2.45, 2.75) is 37.4 Å². The number of anilines is 1. The smallest absolute Gasteiger partial charge is 0.319 e. The SMILES string of the molecule is O=C(Nc1c(Cl)cccc1Cl)N[C@H]1C[C@H]2C(=O)N3CCC[C@H]3C(=O)N2C1. The number of nitrogens with zero attached hydrogens (tertiary/aromatic N) is 2. The first-order valence-electron chi connectivity index (χ1n) is 8.58. The maximum absolute atomic E-state index is 12.6. The van der Waals surface area contributed by atoms with E-state index in [1.807, 2.05) is 0 Å². The Morgan fingerprint density at radius 2 is 1.77 bits per heavy atom. The van der Waals surface area contributed by atoms with Gasteiger partial charge in [-0.25, -0.2) is 4.79 Å². The molecule has 7 nitrogen and oxygen atoms in total. The molecule has 0 spiro atoms. The van der Waals surface area contributed by atoms with Crippen LogP contribution in [0.4, 0.5) is 10.5 Å². The number of hydrogen-bond donors (Lipinski definition) is 2. The first-order valence-corrected chi connectivity index (χ1v) is 9.34. The summed E-state index contributed by atoms with van der Waals surface area (Å²) in [5.41, 5.74) is 0.330. The van der Waals surface area contributed by atoms with E-state index in [0.29, 0.717) is 35.2 Å². The van der Waals surface area contributed by atoms with Crippen LogP contribution in [0.1, 0.15) is 19.3 Å². The molecule has 4 rings (SSSR count). The van der Waals surface area contributed by atoms with Crippen molar-refractivity contribution in [1.82, 2.24) is 15.1 Å². The van der Waals surface area contributed by atoms with E-state index in [0.717, 1.165) is 12.8 Å². The number of hydrogen-bond acceptors (Lipinski definition) is 3. The number of amides is 4. The molecule has 1 aromatic carbocycles. The van der Waals surface area contributed by atoms with Crippen LogP contribution in [0.5, 0.6) is 0 Å². The average molecular weight is 397 g/mol. The Hall–Kier alpha value is -1.99. The molecule has 0 bridgehead atoms. The zero-order valence-corrected chi connectivity index (χ0v) is 15.4. The predicted octanol–water partition coefficient (Wildman–Crippen LogP) is 2.09. The minimum Gasteiger partial charge on any atom is -0.333 e. The van der Waals surface area contributed by atoms with Crippen LogP contribution in [0.3, 0.4) is 0 Å². The molecule has 3 fully saturated rings. The molecule has 138 valence electrons. The van der Waals surface area contributed by atoms with Crippen LogP contribution in [0.25, 0.3) is 0 Å². The van der Waals surface area contributed by atoms with Crippen molar-refractivity contribution in [2.24, 2.45) is 0 Å².